The summed E-state index contributed by atoms with van der Waals surface area (Å²) in [5.74, 6) is -0.273. The first kappa shape index (κ1) is 10.5. The molecule has 1 fully saturated rings. The number of rotatable bonds is 1. The maximum absolute atomic E-state index is 11.5. The van der Waals surface area contributed by atoms with Crippen LogP contribution in [-0.4, -0.2) is 18.2 Å². The van der Waals surface area contributed by atoms with Crippen LogP contribution in [0.25, 0.3) is 0 Å². The number of halogens is 1. The Balaban J connectivity index is 2.41. The second-order valence-electron chi connectivity index (χ2n) is 3.33. The summed E-state index contributed by atoms with van der Waals surface area (Å²) < 4.78 is 0. The molecule has 1 amide bonds. The van der Waals surface area contributed by atoms with E-state index in [9.17, 15) is 9.59 Å². The van der Waals surface area contributed by atoms with E-state index in [1.54, 1.807) is 18.2 Å². The van der Waals surface area contributed by atoms with Gasteiger partial charge in [-0.05, 0) is 18.2 Å². The molecule has 2 rings (SSSR count). The van der Waals surface area contributed by atoms with E-state index in [0.29, 0.717) is 15.6 Å². The zero-order chi connectivity index (χ0) is 11.0. The molecule has 1 aromatic carbocycles. The fourth-order valence-electron chi connectivity index (χ4n) is 1.52. The number of carbonyl (C=O) groups excluding carboxylic acids is 2. The third kappa shape index (κ3) is 2.01. The normalized spacial score (nSPS) is 16.3. The molecular formula is C10H8ClNO2S. The summed E-state index contributed by atoms with van der Waals surface area (Å²) in [6.45, 7) is 0.118. The Labute approximate surface area is 97.4 Å². The van der Waals surface area contributed by atoms with Crippen LogP contribution in [0.5, 0.6) is 0 Å². The van der Waals surface area contributed by atoms with E-state index in [0.717, 1.165) is 0 Å². The first-order valence-corrected chi connectivity index (χ1v) is 5.21. The third-order valence-corrected chi connectivity index (χ3v) is 2.83. The molecule has 0 radical (unpaired) electrons. The number of carbonyl (C=O) groups is 2. The van der Waals surface area contributed by atoms with Gasteiger partial charge in [-0.25, -0.2) is 0 Å². The van der Waals surface area contributed by atoms with Crippen molar-refractivity contribution in [2.45, 2.75) is 11.3 Å². The maximum atomic E-state index is 11.5. The Morgan fingerprint density at radius 2 is 2.07 bits per heavy atom. The molecular weight excluding hydrogens is 234 g/mol. The van der Waals surface area contributed by atoms with Crippen LogP contribution in [0, 0.1) is 0 Å². The molecule has 15 heavy (non-hydrogen) atoms. The van der Waals surface area contributed by atoms with Crippen molar-refractivity contribution in [3.8, 4) is 0 Å². The quantitative estimate of drug-likeness (QED) is 0.603. The first-order valence-electron chi connectivity index (χ1n) is 4.38. The number of benzene rings is 1. The van der Waals surface area contributed by atoms with Crippen LogP contribution in [-0.2, 0) is 9.59 Å². The van der Waals surface area contributed by atoms with Crippen molar-refractivity contribution in [2.24, 2.45) is 0 Å². The predicted molar refractivity (Wildman–Crippen MR) is 60.7 cm³/mol. The second kappa shape index (κ2) is 3.87. The Hall–Kier alpha value is -1.000. The number of hydrogen-bond donors (Lipinski definition) is 1. The lowest BCUT2D eigenvalue weighted by Crippen LogP contribution is -2.24. The summed E-state index contributed by atoms with van der Waals surface area (Å²) in [6, 6.07) is 5.03. The summed E-state index contributed by atoms with van der Waals surface area (Å²) in [6.07, 6.45) is -0.0280. The van der Waals surface area contributed by atoms with E-state index >= 15 is 0 Å². The molecule has 0 aromatic heterocycles. The van der Waals surface area contributed by atoms with Gasteiger partial charge in [0, 0.05) is 9.92 Å². The minimum Gasteiger partial charge on any atom is -0.303 e. The van der Waals surface area contributed by atoms with Crippen molar-refractivity contribution in [3.63, 3.8) is 0 Å². The summed E-state index contributed by atoms with van der Waals surface area (Å²) in [5.41, 5.74) is 0.599. The van der Waals surface area contributed by atoms with Gasteiger partial charge in [-0.1, -0.05) is 11.6 Å². The van der Waals surface area contributed by atoms with Gasteiger partial charge in [-0.15, -0.1) is 12.6 Å². The highest BCUT2D eigenvalue weighted by molar-refractivity contribution is 7.80. The monoisotopic (exact) mass is 241 g/mol. The zero-order valence-corrected chi connectivity index (χ0v) is 9.39. The third-order valence-electron chi connectivity index (χ3n) is 2.21. The Morgan fingerprint density at radius 3 is 2.67 bits per heavy atom. The van der Waals surface area contributed by atoms with Crippen molar-refractivity contribution in [1.29, 1.82) is 0 Å². The number of ketones is 1. The molecule has 0 bridgehead atoms. The van der Waals surface area contributed by atoms with Gasteiger partial charge >= 0.3 is 0 Å². The molecule has 1 aliphatic heterocycles. The fourth-order valence-corrected chi connectivity index (χ4v) is 1.94. The second-order valence-corrected chi connectivity index (χ2v) is 4.25. The van der Waals surface area contributed by atoms with Crippen LogP contribution in [0.1, 0.15) is 6.42 Å². The van der Waals surface area contributed by atoms with Crippen molar-refractivity contribution < 1.29 is 9.59 Å². The van der Waals surface area contributed by atoms with Crippen molar-refractivity contribution in [1.82, 2.24) is 0 Å². The minimum absolute atomic E-state index is 0.0280. The molecule has 1 aromatic rings. The number of anilines is 1. The minimum atomic E-state index is -0.197. The molecule has 5 heteroatoms. The average Bonchev–Trinajstić information content (AvgIpc) is 2.50. The number of Topliss-reactive ketones (excluding diaryl/α,β-unsaturated/α-hetero) is 1. The van der Waals surface area contributed by atoms with Gasteiger partial charge < -0.3 is 4.90 Å². The largest absolute Gasteiger partial charge is 0.303 e. The van der Waals surface area contributed by atoms with E-state index < -0.39 is 0 Å². The molecule has 1 saturated heterocycles. The van der Waals surface area contributed by atoms with Gasteiger partial charge in [0.25, 0.3) is 0 Å². The summed E-state index contributed by atoms with van der Waals surface area (Å²) in [5, 5.41) is 0.523. The van der Waals surface area contributed by atoms with Crippen molar-refractivity contribution in [3.05, 3.63) is 23.2 Å². The van der Waals surface area contributed by atoms with Gasteiger partial charge in [0.2, 0.25) is 5.91 Å². The lowest BCUT2D eigenvalue weighted by molar-refractivity contribution is -0.121. The molecule has 1 heterocycles. The topological polar surface area (TPSA) is 37.4 Å². The van der Waals surface area contributed by atoms with Gasteiger partial charge in [-0.3, -0.25) is 9.59 Å². The standard InChI is InChI=1S/C10H8ClNO2S/c11-6-1-2-9(15)8(3-6)12-5-7(13)4-10(12)14/h1-3,15H,4-5H2. The molecule has 0 spiro atoms. The zero-order valence-electron chi connectivity index (χ0n) is 7.74. The number of hydrogen-bond acceptors (Lipinski definition) is 3. The number of thiol groups is 1. The van der Waals surface area contributed by atoms with Gasteiger partial charge in [0.1, 0.15) is 0 Å². The summed E-state index contributed by atoms with van der Waals surface area (Å²) in [4.78, 5) is 24.6. The number of amides is 1. The van der Waals surface area contributed by atoms with Crippen LogP contribution < -0.4 is 4.90 Å². The van der Waals surface area contributed by atoms with E-state index in [1.165, 1.54) is 4.90 Å². The van der Waals surface area contributed by atoms with Crippen molar-refractivity contribution >= 4 is 41.6 Å². The Bertz CT molecular complexity index is 447. The summed E-state index contributed by atoms with van der Waals surface area (Å²) >= 11 is 10.0. The molecule has 0 saturated carbocycles. The van der Waals surface area contributed by atoms with E-state index in [1.807, 2.05) is 0 Å². The highest BCUT2D eigenvalue weighted by Crippen LogP contribution is 2.29. The van der Waals surface area contributed by atoms with Gasteiger partial charge in [0.05, 0.1) is 18.7 Å². The molecule has 0 aliphatic carbocycles. The molecule has 0 N–H and O–H groups in total. The van der Waals surface area contributed by atoms with E-state index in [4.69, 9.17) is 11.6 Å². The lowest BCUT2D eigenvalue weighted by atomic mass is 10.3. The smallest absolute Gasteiger partial charge is 0.234 e. The van der Waals surface area contributed by atoms with Crippen LogP contribution in [0.4, 0.5) is 5.69 Å². The van der Waals surface area contributed by atoms with Crippen LogP contribution in [0.15, 0.2) is 23.1 Å². The lowest BCUT2D eigenvalue weighted by Gasteiger charge is -2.16. The van der Waals surface area contributed by atoms with Crippen LogP contribution in [0.2, 0.25) is 5.02 Å². The SMILES string of the molecule is O=C1CC(=O)N(c2cc(Cl)ccc2S)C1. The highest BCUT2D eigenvalue weighted by atomic mass is 35.5. The summed E-state index contributed by atoms with van der Waals surface area (Å²) in [7, 11) is 0. The highest BCUT2D eigenvalue weighted by Gasteiger charge is 2.29. The Morgan fingerprint density at radius 1 is 1.33 bits per heavy atom. The molecule has 0 unspecified atom stereocenters. The average molecular weight is 242 g/mol. The molecule has 78 valence electrons. The van der Waals surface area contributed by atoms with E-state index in [2.05, 4.69) is 12.6 Å². The Kier molecular flexibility index (Phi) is 2.71. The van der Waals surface area contributed by atoms with Gasteiger partial charge in [-0.2, -0.15) is 0 Å². The van der Waals surface area contributed by atoms with Crippen LogP contribution in [0.3, 0.4) is 0 Å². The predicted octanol–water partition coefficient (Wildman–Crippen LogP) is 1.93. The van der Waals surface area contributed by atoms with E-state index in [-0.39, 0.29) is 24.7 Å². The maximum Gasteiger partial charge on any atom is 0.234 e. The fraction of sp³-hybridized carbons (Fsp3) is 0.200. The van der Waals surface area contributed by atoms with Crippen LogP contribution >= 0.6 is 24.2 Å². The number of nitrogens with zero attached hydrogens (tertiary/aromatic N) is 1. The van der Waals surface area contributed by atoms with Crippen molar-refractivity contribution in [2.75, 3.05) is 11.4 Å². The molecule has 1 aliphatic rings. The first-order chi connectivity index (χ1) is 7.08. The molecule has 3 nitrogen and oxygen atoms in total. The van der Waals surface area contributed by atoms with Gasteiger partial charge in [0.15, 0.2) is 5.78 Å². The molecule has 0 atom stereocenters.